The van der Waals surface area contributed by atoms with Gasteiger partial charge in [0.25, 0.3) is 0 Å². The fourth-order valence-corrected chi connectivity index (χ4v) is 2.80. The number of likely N-dealkylation sites (N-methyl/N-ethyl adjacent to an activating group) is 1. The zero-order chi connectivity index (χ0) is 20.2. The quantitative estimate of drug-likeness (QED) is 0.564. The maximum Gasteiger partial charge on any atom is 0.326 e. The topological polar surface area (TPSA) is 65.1 Å². The summed E-state index contributed by atoms with van der Waals surface area (Å²) >= 11 is 0. The Hall–Kier alpha value is -2.50. The van der Waals surface area contributed by atoms with Crippen molar-refractivity contribution in [3.05, 3.63) is 29.3 Å². The lowest BCUT2D eigenvalue weighted by Crippen LogP contribution is -2.35. The van der Waals surface area contributed by atoms with E-state index in [2.05, 4.69) is 0 Å². The molecule has 1 aromatic rings. The Morgan fingerprint density at radius 3 is 2.67 bits per heavy atom. The number of benzene rings is 1. The molecule has 0 fully saturated rings. The molecule has 2 rings (SSSR count). The van der Waals surface area contributed by atoms with Gasteiger partial charge in [0.2, 0.25) is 5.91 Å². The number of esters is 1. The van der Waals surface area contributed by atoms with Gasteiger partial charge in [-0.25, -0.2) is 0 Å². The standard InChI is InChI=1S/C21H29NO5/c1-7-25-17-12-16-10-14(2)26-18(16)11-15(17)8-9-19(23)22(6)13-20(24)27-21(3,4)5/h8-9,11-12,14H,7,10,13H2,1-6H3/b9-8+. The first-order chi connectivity index (χ1) is 12.6. The summed E-state index contributed by atoms with van der Waals surface area (Å²) in [5.41, 5.74) is 1.30. The average molecular weight is 375 g/mol. The minimum Gasteiger partial charge on any atom is -0.493 e. The van der Waals surface area contributed by atoms with Gasteiger partial charge in [0.15, 0.2) is 0 Å². The Morgan fingerprint density at radius 2 is 2.04 bits per heavy atom. The summed E-state index contributed by atoms with van der Waals surface area (Å²) in [6.07, 6.45) is 4.09. The number of amides is 1. The van der Waals surface area contributed by atoms with Crippen molar-refractivity contribution in [2.75, 3.05) is 20.2 Å². The molecule has 6 heteroatoms. The van der Waals surface area contributed by atoms with E-state index in [0.717, 1.165) is 23.3 Å². The molecular formula is C21H29NO5. The molecular weight excluding hydrogens is 346 g/mol. The minimum absolute atomic E-state index is 0.108. The molecule has 1 aromatic carbocycles. The molecule has 0 spiro atoms. The molecule has 1 unspecified atom stereocenters. The molecule has 0 N–H and O–H groups in total. The molecule has 1 aliphatic rings. The Kier molecular flexibility index (Phi) is 6.52. The third-order valence-electron chi connectivity index (χ3n) is 3.90. The zero-order valence-corrected chi connectivity index (χ0v) is 17.0. The lowest BCUT2D eigenvalue weighted by Gasteiger charge is -2.22. The van der Waals surface area contributed by atoms with Gasteiger partial charge in [-0.2, -0.15) is 0 Å². The third kappa shape index (κ3) is 6.01. The fourth-order valence-electron chi connectivity index (χ4n) is 2.80. The van der Waals surface area contributed by atoms with Gasteiger partial charge in [0.05, 0.1) is 6.61 Å². The number of carbonyl (C=O) groups is 2. The van der Waals surface area contributed by atoms with Gasteiger partial charge < -0.3 is 19.1 Å². The van der Waals surface area contributed by atoms with E-state index in [1.807, 2.05) is 26.0 Å². The van der Waals surface area contributed by atoms with Gasteiger partial charge >= 0.3 is 5.97 Å². The Balaban J connectivity index is 2.09. The highest BCUT2D eigenvalue weighted by atomic mass is 16.6. The summed E-state index contributed by atoms with van der Waals surface area (Å²) in [5, 5.41) is 0. The average Bonchev–Trinajstić information content (AvgIpc) is 2.89. The zero-order valence-electron chi connectivity index (χ0n) is 17.0. The van der Waals surface area contributed by atoms with Crippen LogP contribution in [0.2, 0.25) is 0 Å². The molecule has 1 atom stereocenters. The molecule has 6 nitrogen and oxygen atoms in total. The molecule has 1 amide bonds. The van der Waals surface area contributed by atoms with E-state index in [9.17, 15) is 9.59 Å². The van der Waals surface area contributed by atoms with E-state index < -0.39 is 11.6 Å². The molecule has 1 heterocycles. The number of hydrogen-bond donors (Lipinski definition) is 0. The molecule has 0 aromatic heterocycles. The van der Waals surface area contributed by atoms with Crippen LogP contribution in [-0.4, -0.2) is 48.7 Å². The fraction of sp³-hybridized carbons (Fsp3) is 0.524. The van der Waals surface area contributed by atoms with Crippen LogP contribution in [0.4, 0.5) is 0 Å². The van der Waals surface area contributed by atoms with Crippen LogP contribution in [0.1, 0.15) is 45.7 Å². The summed E-state index contributed by atoms with van der Waals surface area (Å²) < 4.78 is 16.7. The Morgan fingerprint density at radius 1 is 1.33 bits per heavy atom. The summed E-state index contributed by atoms with van der Waals surface area (Å²) in [7, 11) is 1.56. The number of rotatable bonds is 6. The van der Waals surface area contributed by atoms with Gasteiger partial charge in [0, 0.05) is 30.7 Å². The van der Waals surface area contributed by atoms with Crippen LogP contribution in [0.3, 0.4) is 0 Å². The summed E-state index contributed by atoms with van der Waals surface area (Å²) in [6.45, 7) is 9.73. The summed E-state index contributed by atoms with van der Waals surface area (Å²) in [4.78, 5) is 25.5. The van der Waals surface area contributed by atoms with Crippen molar-refractivity contribution in [1.82, 2.24) is 4.90 Å². The smallest absolute Gasteiger partial charge is 0.326 e. The van der Waals surface area contributed by atoms with Crippen molar-refractivity contribution < 1.29 is 23.8 Å². The highest BCUT2D eigenvalue weighted by Crippen LogP contribution is 2.35. The number of ether oxygens (including phenoxy) is 3. The normalized spacial score (nSPS) is 16.0. The van der Waals surface area contributed by atoms with E-state index >= 15 is 0 Å². The van der Waals surface area contributed by atoms with Crippen LogP contribution in [0.5, 0.6) is 11.5 Å². The van der Waals surface area contributed by atoms with Gasteiger partial charge in [-0.05, 0) is 52.8 Å². The molecule has 0 bridgehead atoms. The number of carbonyl (C=O) groups excluding carboxylic acids is 2. The van der Waals surface area contributed by atoms with Crippen molar-refractivity contribution in [3.8, 4) is 11.5 Å². The third-order valence-corrected chi connectivity index (χ3v) is 3.90. The number of hydrogen-bond acceptors (Lipinski definition) is 5. The second-order valence-corrected chi connectivity index (χ2v) is 7.68. The number of fused-ring (bicyclic) bond motifs is 1. The van der Waals surface area contributed by atoms with E-state index in [1.54, 1.807) is 33.9 Å². The summed E-state index contributed by atoms with van der Waals surface area (Å²) in [6, 6.07) is 3.86. The minimum atomic E-state index is -0.579. The first kappa shape index (κ1) is 20.8. The highest BCUT2D eigenvalue weighted by Gasteiger charge is 2.22. The van der Waals surface area contributed by atoms with Crippen molar-refractivity contribution in [2.24, 2.45) is 0 Å². The molecule has 0 saturated heterocycles. The maximum atomic E-state index is 12.3. The van der Waals surface area contributed by atoms with Crippen molar-refractivity contribution in [3.63, 3.8) is 0 Å². The van der Waals surface area contributed by atoms with Gasteiger partial charge in [-0.1, -0.05) is 0 Å². The first-order valence-electron chi connectivity index (χ1n) is 9.20. The van der Waals surface area contributed by atoms with Crippen molar-refractivity contribution in [1.29, 1.82) is 0 Å². The molecule has 0 radical (unpaired) electrons. The lowest BCUT2D eigenvalue weighted by molar-refractivity contribution is -0.157. The highest BCUT2D eigenvalue weighted by molar-refractivity contribution is 5.94. The van der Waals surface area contributed by atoms with Crippen LogP contribution in [0.15, 0.2) is 18.2 Å². The molecule has 148 valence electrons. The van der Waals surface area contributed by atoms with Gasteiger partial charge in [0.1, 0.15) is 29.7 Å². The molecule has 1 aliphatic heterocycles. The van der Waals surface area contributed by atoms with E-state index in [0.29, 0.717) is 12.4 Å². The molecule has 0 aliphatic carbocycles. The lowest BCUT2D eigenvalue weighted by atomic mass is 10.1. The van der Waals surface area contributed by atoms with Gasteiger partial charge in [-0.15, -0.1) is 0 Å². The van der Waals surface area contributed by atoms with E-state index in [4.69, 9.17) is 14.2 Å². The van der Waals surface area contributed by atoms with Crippen LogP contribution in [0, 0.1) is 0 Å². The maximum absolute atomic E-state index is 12.3. The number of nitrogens with zero attached hydrogens (tertiary/aromatic N) is 1. The predicted molar refractivity (Wildman–Crippen MR) is 104 cm³/mol. The molecule has 27 heavy (non-hydrogen) atoms. The predicted octanol–water partition coefficient (Wildman–Crippen LogP) is 3.22. The molecule has 0 saturated carbocycles. The van der Waals surface area contributed by atoms with Crippen LogP contribution >= 0.6 is 0 Å². The van der Waals surface area contributed by atoms with Crippen molar-refractivity contribution >= 4 is 18.0 Å². The van der Waals surface area contributed by atoms with Crippen LogP contribution < -0.4 is 9.47 Å². The Bertz CT molecular complexity index is 733. The monoisotopic (exact) mass is 375 g/mol. The second kappa shape index (κ2) is 8.46. The Labute approximate surface area is 161 Å². The SMILES string of the molecule is CCOc1cc2c(cc1/C=C/C(=O)N(C)CC(=O)OC(C)(C)C)OC(C)C2. The van der Waals surface area contributed by atoms with Crippen LogP contribution in [0.25, 0.3) is 6.08 Å². The van der Waals surface area contributed by atoms with E-state index in [1.165, 1.54) is 11.0 Å². The van der Waals surface area contributed by atoms with Crippen molar-refractivity contribution in [2.45, 2.75) is 52.7 Å². The van der Waals surface area contributed by atoms with E-state index in [-0.39, 0.29) is 18.6 Å². The van der Waals surface area contributed by atoms with Crippen LogP contribution in [-0.2, 0) is 20.7 Å². The summed E-state index contributed by atoms with van der Waals surface area (Å²) in [5.74, 6) is 0.799. The van der Waals surface area contributed by atoms with Gasteiger partial charge in [-0.3, -0.25) is 9.59 Å². The second-order valence-electron chi connectivity index (χ2n) is 7.68. The largest absolute Gasteiger partial charge is 0.493 e. The first-order valence-corrected chi connectivity index (χ1v) is 9.20.